The third-order valence-corrected chi connectivity index (χ3v) is 5.77. The van der Waals surface area contributed by atoms with Crippen LogP contribution in [0.5, 0.6) is 0 Å². The van der Waals surface area contributed by atoms with E-state index in [4.69, 9.17) is 5.73 Å². The van der Waals surface area contributed by atoms with Gasteiger partial charge in [-0.2, -0.15) is 4.31 Å². The molecule has 6 heteroatoms. The molecule has 1 aliphatic heterocycles. The molecule has 0 saturated heterocycles. The molecule has 2 rings (SSSR count). The van der Waals surface area contributed by atoms with Gasteiger partial charge in [0.05, 0.1) is 0 Å². The molecule has 1 aromatic heterocycles. The van der Waals surface area contributed by atoms with E-state index in [1.54, 1.807) is 5.38 Å². The molecule has 1 aliphatic rings. The van der Waals surface area contributed by atoms with Gasteiger partial charge in [0, 0.05) is 24.2 Å². The molecule has 2 N–H and O–H groups in total. The molecule has 0 fully saturated rings. The van der Waals surface area contributed by atoms with E-state index in [2.05, 4.69) is 6.08 Å². The molecule has 1 aromatic rings. The normalized spacial score (nSPS) is 18.4. The number of nitrogens with zero attached hydrogens (tertiary/aromatic N) is 1. The van der Waals surface area contributed by atoms with Gasteiger partial charge < -0.3 is 5.73 Å². The van der Waals surface area contributed by atoms with E-state index in [1.807, 2.05) is 6.92 Å². The fourth-order valence-electron chi connectivity index (χ4n) is 1.67. The topological polar surface area (TPSA) is 63.4 Å². The second kappa shape index (κ2) is 4.20. The van der Waals surface area contributed by atoms with Crippen LogP contribution in [0.15, 0.2) is 27.3 Å². The van der Waals surface area contributed by atoms with E-state index in [9.17, 15) is 8.42 Å². The molecule has 0 aromatic carbocycles. The lowest BCUT2D eigenvalue weighted by Gasteiger charge is -2.24. The Balaban J connectivity index is 2.30. The lowest BCUT2D eigenvalue weighted by molar-refractivity contribution is 0.429. The minimum absolute atomic E-state index is 0.333. The van der Waals surface area contributed by atoms with Crippen molar-refractivity contribution in [2.75, 3.05) is 18.8 Å². The largest absolute Gasteiger partial charge is 0.398 e. The quantitative estimate of drug-likeness (QED) is 0.821. The molecule has 0 atom stereocenters. The predicted octanol–water partition coefficient (Wildman–Crippen LogP) is 1.67. The zero-order chi connectivity index (χ0) is 11.8. The molecular formula is C10H14N2O2S2. The van der Waals surface area contributed by atoms with Crippen LogP contribution in [0.1, 0.15) is 13.3 Å². The molecular weight excluding hydrogens is 244 g/mol. The highest BCUT2D eigenvalue weighted by atomic mass is 32.2. The van der Waals surface area contributed by atoms with Gasteiger partial charge in [0.25, 0.3) is 10.0 Å². The molecule has 0 unspecified atom stereocenters. The maximum atomic E-state index is 12.2. The first-order valence-electron chi connectivity index (χ1n) is 5.00. The van der Waals surface area contributed by atoms with Crippen molar-refractivity contribution in [1.29, 1.82) is 0 Å². The lowest BCUT2D eigenvalue weighted by atomic mass is 10.2. The maximum absolute atomic E-state index is 12.2. The number of rotatable bonds is 2. The van der Waals surface area contributed by atoms with E-state index in [1.165, 1.54) is 21.7 Å². The van der Waals surface area contributed by atoms with Crippen molar-refractivity contribution < 1.29 is 8.42 Å². The summed E-state index contributed by atoms with van der Waals surface area (Å²) in [7, 11) is -3.34. The number of hydrogen-bond acceptors (Lipinski definition) is 4. The molecule has 0 spiro atoms. The number of anilines is 1. The van der Waals surface area contributed by atoms with Gasteiger partial charge in [-0.3, -0.25) is 0 Å². The van der Waals surface area contributed by atoms with E-state index in [0.29, 0.717) is 23.0 Å². The molecule has 0 amide bonds. The molecule has 2 heterocycles. The van der Waals surface area contributed by atoms with Crippen LogP contribution in [-0.4, -0.2) is 25.8 Å². The maximum Gasteiger partial charge on any atom is 0.252 e. The van der Waals surface area contributed by atoms with Gasteiger partial charge in [0.1, 0.15) is 4.21 Å². The van der Waals surface area contributed by atoms with Gasteiger partial charge in [0.15, 0.2) is 0 Å². The highest BCUT2D eigenvalue weighted by Crippen LogP contribution is 2.26. The minimum atomic E-state index is -3.34. The zero-order valence-electron chi connectivity index (χ0n) is 9.01. The molecule has 0 aliphatic carbocycles. The van der Waals surface area contributed by atoms with Gasteiger partial charge in [-0.05, 0) is 19.4 Å². The van der Waals surface area contributed by atoms with Crippen LogP contribution in [0.25, 0.3) is 0 Å². The Morgan fingerprint density at radius 3 is 2.81 bits per heavy atom. The Bertz CT molecular complexity index is 517. The smallest absolute Gasteiger partial charge is 0.252 e. The molecule has 0 radical (unpaired) electrons. The van der Waals surface area contributed by atoms with Crippen LogP contribution in [0.3, 0.4) is 0 Å². The summed E-state index contributed by atoms with van der Waals surface area (Å²) in [6.07, 6.45) is 2.86. The van der Waals surface area contributed by atoms with Gasteiger partial charge >= 0.3 is 0 Å². The van der Waals surface area contributed by atoms with Crippen molar-refractivity contribution in [2.45, 2.75) is 17.6 Å². The number of thiophene rings is 1. The third kappa shape index (κ3) is 2.14. The first kappa shape index (κ1) is 11.6. The van der Waals surface area contributed by atoms with E-state index in [-0.39, 0.29) is 0 Å². The number of sulfonamides is 1. The highest BCUT2D eigenvalue weighted by molar-refractivity contribution is 7.91. The summed E-state index contributed by atoms with van der Waals surface area (Å²) in [6.45, 7) is 2.99. The van der Waals surface area contributed by atoms with Crippen molar-refractivity contribution >= 4 is 27.0 Å². The molecule has 4 nitrogen and oxygen atoms in total. The van der Waals surface area contributed by atoms with Crippen LogP contribution < -0.4 is 5.73 Å². The second-order valence-corrected chi connectivity index (χ2v) is 6.95. The molecule has 88 valence electrons. The fourth-order valence-corrected chi connectivity index (χ4v) is 4.40. The summed E-state index contributed by atoms with van der Waals surface area (Å²) < 4.78 is 26.2. The first-order chi connectivity index (χ1) is 7.50. The molecule has 0 saturated carbocycles. The Morgan fingerprint density at radius 1 is 1.50 bits per heavy atom. The SMILES string of the molecule is CC1=CCCN(S(=O)(=O)c2cc(N)cs2)C1. The predicted molar refractivity (Wildman–Crippen MR) is 65.9 cm³/mol. The van der Waals surface area contributed by atoms with Gasteiger partial charge in [-0.15, -0.1) is 11.3 Å². The number of nitrogen functional groups attached to an aromatic ring is 1. The summed E-state index contributed by atoms with van der Waals surface area (Å²) in [5.41, 5.74) is 7.15. The Hall–Kier alpha value is -0.850. The Kier molecular flexibility index (Phi) is 3.05. The third-order valence-electron chi connectivity index (χ3n) is 2.49. The van der Waals surface area contributed by atoms with Crippen LogP contribution in [0.4, 0.5) is 5.69 Å². The van der Waals surface area contributed by atoms with Crippen molar-refractivity contribution in [3.63, 3.8) is 0 Å². The number of hydrogen-bond donors (Lipinski definition) is 1. The summed E-state index contributed by atoms with van der Waals surface area (Å²) in [6, 6.07) is 1.52. The van der Waals surface area contributed by atoms with Crippen molar-refractivity contribution in [1.82, 2.24) is 4.31 Å². The summed E-state index contributed by atoms with van der Waals surface area (Å²) >= 11 is 1.18. The van der Waals surface area contributed by atoms with Crippen molar-refractivity contribution in [3.05, 3.63) is 23.1 Å². The number of nitrogens with two attached hydrogens (primary N) is 1. The van der Waals surface area contributed by atoms with Gasteiger partial charge in [-0.1, -0.05) is 11.6 Å². The minimum Gasteiger partial charge on any atom is -0.398 e. The first-order valence-corrected chi connectivity index (χ1v) is 7.32. The van der Waals surface area contributed by atoms with Crippen LogP contribution >= 0.6 is 11.3 Å². The molecule has 0 bridgehead atoms. The summed E-state index contributed by atoms with van der Waals surface area (Å²) in [5, 5.41) is 1.65. The monoisotopic (exact) mass is 258 g/mol. The highest BCUT2D eigenvalue weighted by Gasteiger charge is 2.27. The Morgan fingerprint density at radius 2 is 2.25 bits per heavy atom. The fraction of sp³-hybridized carbons (Fsp3) is 0.400. The van der Waals surface area contributed by atoms with E-state index in [0.717, 1.165) is 12.0 Å². The summed E-state index contributed by atoms with van der Waals surface area (Å²) in [4.78, 5) is 0. The molecule has 16 heavy (non-hydrogen) atoms. The van der Waals surface area contributed by atoms with Crippen LogP contribution in [0.2, 0.25) is 0 Å². The average molecular weight is 258 g/mol. The van der Waals surface area contributed by atoms with Gasteiger partial charge in [-0.25, -0.2) is 8.42 Å². The van der Waals surface area contributed by atoms with Crippen LogP contribution in [0, 0.1) is 0 Å². The van der Waals surface area contributed by atoms with Crippen molar-refractivity contribution in [3.8, 4) is 0 Å². The van der Waals surface area contributed by atoms with Gasteiger partial charge in [0.2, 0.25) is 0 Å². The zero-order valence-corrected chi connectivity index (χ0v) is 10.6. The lowest BCUT2D eigenvalue weighted by Crippen LogP contribution is -2.34. The summed E-state index contributed by atoms with van der Waals surface area (Å²) in [5.74, 6) is 0. The van der Waals surface area contributed by atoms with E-state index < -0.39 is 10.0 Å². The van der Waals surface area contributed by atoms with E-state index >= 15 is 0 Å². The average Bonchev–Trinajstić information content (AvgIpc) is 2.65. The Labute approximate surface area is 99.4 Å². The second-order valence-electron chi connectivity index (χ2n) is 3.88. The van der Waals surface area contributed by atoms with Crippen molar-refractivity contribution in [2.24, 2.45) is 0 Å². The van der Waals surface area contributed by atoms with Crippen LogP contribution in [-0.2, 0) is 10.0 Å². The standard InChI is InChI=1S/C10H14N2O2S2/c1-8-3-2-4-12(6-8)16(13,14)10-5-9(11)7-15-10/h3,5,7H,2,4,6,11H2,1H3.